The number of nitrogens with one attached hydrogen (secondary N) is 2. The van der Waals surface area contributed by atoms with Gasteiger partial charge in [0.25, 0.3) is 5.91 Å². The molecule has 0 aliphatic heterocycles. The molecule has 0 spiro atoms. The molecule has 2 aromatic carbocycles. The lowest BCUT2D eigenvalue weighted by Crippen LogP contribution is -2.30. The number of aromatic nitrogens is 2. The highest BCUT2D eigenvalue weighted by molar-refractivity contribution is 5.95. The smallest absolute Gasteiger partial charge is 0.305 e. The summed E-state index contributed by atoms with van der Waals surface area (Å²) in [5.41, 5.74) is 3.42. The van der Waals surface area contributed by atoms with Crippen molar-refractivity contribution in [3.8, 4) is 11.5 Å². The average molecular weight is 479 g/mol. The Morgan fingerprint density at radius 2 is 1.69 bits per heavy atom. The van der Waals surface area contributed by atoms with Crippen molar-refractivity contribution in [1.82, 2.24) is 15.3 Å². The molecule has 3 aromatic rings. The minimum atomic E-state index is -1.03. The number of aryl methyl sites for hydroxylation is 2. The number of amides is 1. The van der Waals surface area contributed by atoms with E-state index in [4.69, 9.17) is 9.47 Å². The van der Waals surface area contributed by atoms with E-state index in [2.05, 4.69) is 20.6 Å². The lowest BCUT2D eigenvalue weighted by Gasteiger charge is -2.19. The van der Waals surface area contributed by atoms with Gasteiger partial charge in [-0.3, -0.25) is 9.59 Å². The monoisotopic (exact) mass is 478 g/mol. The summed E-state index contributed by atoms with van der Waals surface area (Å²) in [6, 6.07) is 13.1. The number of carboxylic acid groups (broad SMARTS) is 1. The van der Waals surface area contributed by atoms with E-state index < -0.39 is 17.9 Å². The van der Waals surface area contributed by atoms with Crippen LogP contribution in [-0.2, 0) is 4.79 Å². The number of methoxy groups -OCH3 is 1. The van der Waals surface area contributed by atoms with Crippen LogP contribution in [0.4, 0.5) is 11.6 Å². The van der Waals surface area contributed by atoms with E-state index in [1.54, 1.807) is 42.5 Å². The van der Waals surface area contributed by atoms with Crippen LogP contribution in [0.15, 0.2) is 48.5 Å². The molecule has 9 nitrogen and oxygen atoms in total. The van der Waals surface area contributed by atoms with Gasteiger partial charge in [-0.2, -0.15) is 0 Å². The standard InChI is InChI=1S/C26H30N4O5/c1-5-12-35-22-11-8-19(14-23(22)34-4)21(15-24(31)32)30-25(33)18-6-9-20(10-7-18)29-26-27-16(2)13-17(3)28-26/h6-11,13-14,21H,5,12,15H2,1-4H3,(H,30,33)(H,31,32)(H,27,28,29). The summed E-state index contributed by atoms with van der Waals surface area (Å²) in [4.78, 5) is 33.1. The first-order valence-electron chi connectivity index (χ1n) is 11.3. The van der Waals surface area contributed by atoms with E-state index in [0.29, 0.717) is 35.2 Å². The molecule has 1 unspecified atom stereocenters. The third kappa shape index (κ3) is 7.17. The molecule has 0 fully saturated rings. The molecule has 0 saturated carbocycles. The normalized spacial score (nSPS) is 11.4. The fourth-order valence-electron chi connectivity index (χ4n) is 3.52. The third-order valence-electron chi connectivity index (χ3n) is 5.12. The zero-order chi connectivity index (χ0) is 25.4. The quantitative estimate of drug-likeness (QED) is 0.366. The maximum absolute atomic E-state index is 12.9. The lowest BCUT2D eigenvalue weighted by molar-refractivity contribution is -0.137. The summed E-state index contributed by atoms with van der Waals surface area (Å²) in [5, 5.41) is 15.4. The fraction of sp³-hybridized carbons (Fsp3) is 0.308. The number of hydrogen-bond donors (Lipinski definition) is 3. The van der Waals surface area contributed by atoms with E-state index in [1.807, 2.05) is 26.8 Å². The van der Waals surface area contributed by atoms with Crippen molar-refractivity contribution in [1.29, 1.82) is 0 Å². The summed E-state index contributed by atoms with van der Waals surface area (Å²) in [6.45, 7) is 6.31. The Labute approximate surface area is 204 Å². The molecule has 0 aliphatic rings. The van der Waals surface area contributed by atoms with E-state index in [0.717, 1.165) is 23.5 Å². The van der Waals surface area contributed by atoms with Crippen molar-refractivity contribution in [2.24, 2.45) is 0 Å². The Morgan fingerprint density at radius 3 is 2.29 bits per heavy atom. The van der Waals surface area contributed by atoms with Gasteiger partial charge in [0.2, 0.25) is 5.95 Å². The van der Waals surface area contributed by atoms with Crippen molar-refractivity contribution in [2.75, 3.05) is 19.0 Å². The van der Waals surface area contributed by atoms with Gasteiger partial charge in [-0.1, -0.05) is 13.0 Å². The van der Waals surface area contributed by atoms with Crippen molar-refractivity contribution in [2.45, 2.75) is 39.7 Å². The number of benzene rings is 2. The molecular formula is C26H30N4O5. The summed E-state index contributed by atoms with van der Waals surface area (Å²) in [7, 11) is 1.52. The zero-order valence-corrected chi connectivity index (χ0v) is 20.3. The van der Waals surface area contributed by atoms with Gasteiger partial charge >= 0.3 is 5.97 Å². The van der Waals surface area contributed by atoms with Gasteiger partial charge in [-0.25, -0.2) is 9.97 Å². The SMILES string of the molecule is CCCOc1ccc(C(CC(=O)O)NC(=O)c2ccc(Nc3nc(C)cc(C)n3)cc2)cc1OC. The number of carbonyl (C=O) groups excluding carboxylic acids is 1. The van der Waals surface area contributed by atoms with Gasteiger partial charge in [0.15, 0.2) is 11.5 Å². The maximum atomic E-state index is 12.9. The number of carboxylic acids is 1. The van der Waals surface area contributed by atoms with Crippen LogP contribution in [0.3, 0.4) is 0 Å². The van der Waals surface area contributed by atoms with Crippen LogP contribution in [-0.4, -0.2) is 40.7 Å². The molecule has 0 bridgehead atoms. The zero-order valence-electron chi connectivity index (χ0n) is 20.3. The summed E-state index contributed by atoms with van der Waals surface area (Å²) < 4.78 is 11.1. The molecule has 0 aliphatic carbocycles. The van der Waals surface area contributed by atoms with E-state index in [9.17, 15) is 14.7 Å². The highest BCUT2D eigenvalue weighted by Gasteiger charge is 2.21. The first kappa shape index (κ1) is 25.5. The largest absolute Gasteiger partial charge is 0.493 e. The van der Waals surface area contributed by atoms with Crippen molar-refractivity contribution >= 4 is 23.5 Å². The van der Waals surface area contributed by atoms with Crippen molar-refractivity contribution in [3.63, 3.8) is 0 Å². The maximum Gasteiger partial charge on any atom is 0.305 e. The molecule has 3 rings (SSSR count). The van der Waals surface area contributed by atoms with Crippen LogP contribution in [0.1, 0.15) is 53.1 Å². The molecule has 9 heteroatoms. The van der Waals surface area contributed by atoms with Gasteiger partial charge in [0.05, 0.1) is 26.2 Å². The van der Waals surface area contributed by atoms with Crippen molar-refractivity contribution < 1.29 is 24.2 Å². The lowest BCUT2D eigenvalue weighted by atomic mass is 10.0. The Kier molecular flexibility index (Phi) is 8.61. The van der Waals surface area contributed by atoms with Crippen LogP contribution >= 0.6 is 0 Å². The summed E-state index contributed by atoms with van der Waals surface area (Å²) in [6.07, 6.45) is 0.558. The van der Waals surface area contributed by atoms with Crippen LogP contribution in [0.2, 0.25) is 0 Å². The number of rotatable bonds is 11. The first-order chi connectivity index (χ1) is 16.8. The topological polar surface area (TPSA) is 123 Å². The average Bonchev–Trinajstić information content (AvgIpc) is 2.81. The van der Waals surface area contributed by atoms with Gasteiger partial charge in [-0.15, -0.1) is 0 Å². The minimum Gasteiger partial charge on any atom is -0.493 e. The number of nitrogens with zero attached hydrogens (tertiary/aromatic N) is 2. The summed E-state index contributed by atoms with van der Waals surface area (Å²) in [5.74, 6) is 0.0878. The van der Waals surface area contributed by atoms with Crippen LogP contribution < -0.4 is 20.1 Å². The predicted octanol–water partition coefficient (Wildman–Crippen LogP) is 4.58. The second-order valence-electron chi connectivity index (χ2n) is 8.06. The number of aliphatic carboxylic acids is 1. The van der Waals surface area contributed by atoms with E-state index in [1.165, 1.54) is 7.11 Å². The van der Waals surface area contributed by atoms with Crippen LogP contribution in [0.25, 0.3) is 0 Å². The minimum absolute atomic E-state index is 0.284. The second-order valence-corrected chi connectivity index (χ2v) is 8.06. The number of anilines is 2. The number of hydrogen-bond acceptors (Lipinski definition) is 7. The molecule has 184 valence electrons. The molecule has 1 amide bonds. The molecule has 1 atom stereocenters. The van der Waals surface area contributed by atoms with Gasteiger partial charge in [-0.05, 0) is 68.3 Å². The Hall–Kier alpha value is -4.14. The first-order valence-corrected chi connectivity index (χ1v) is 11.3. The van der Waals surface area contributed by atoms with Crippen LogP contribution in [0, 0.1) is 13.8 Å². The molecule has 3 N–H and O–H groups in total. The number of carbonyl (C=O) groups is 2. The molecule has 1 aromatic heterocycles. The van der Waals surface area contributed by atoms with Gasteiger partial charge < -0.3 is 25.2 Å². The third-order valence-corrected chi connectivity index (χ3v) is 5.12. The van der Waals surface area contributed by atoms with E-state index in [-0.39, 0.29) is 6.42 Å². The Bertz CT molecular complexity index is 1160. The number of ether oxygens (including phenoxy) is 2. The van der Waals surface area contributed by atoms with Crippen molar-refractivity contribution in [3.05, 3.63) is 71.0 Å². The highest BCUT2D eigenvalue weighted by Crippen LogP contribution is 2.31. The molecule has 0 radical (unpaired) electrons. The second kappa shape index (κ2) is 11.8. The highest BCUT2D eigenvalue weighted by atomic mass is 16.5. The van der Waals surface area contributed by atoms with E-state index >= 15 is 0 Å². The Morgan fingerprint density at radius 1 is 1.00 bits per heavy atom. The summed E-state index contributed by atoms with van der Waals surface area (Å²) >= 11 is 0. The molecule has 1 heterocycles. The Balaban J connectivity index is 1.75. The molecule has 35 heavy (non-hydrogen) atoms. The molecule has 0 saturated heterocycles. The van der Waals surface area contributed by atoms with Crippen LogP contribution in [0.5, 0.6) is 11.5 Å². The predicted molar refractivity (Wildman–Crippen MR) is 132 cm³/mol. The fourth-order valence-corrected chi connectivity index (χ4v) is 3.52. The van der Waals surface area contributed by atoms with Gasteiger partial charge in [0, 0.05) is 22.6 Å². The van der Waals surface area contributed by atoms with Gasteiger partial charge in [0.1, 0.15) is 0 Å². The molecular weight excluding hydrogens is 448 g/mol.